The lowest BCUT2D eigenvalue weighted by molar-refractivity contribution is 0.133. The van der Waals surface area contributed by atoms with Crippen molar-refractivity contribution in [3.63, 3.8) is 0 Å². The molecule has 8 heteroatoms. The van der Waals surface area contributed by atoms with Gasteiger partial charge in [0, 0.05) is 24.2 Å². The molecule has 1 aliphatic heterocycles. The largest absolute Gasteiger partial charge is 0.496 e. The van der Waals surface area contributed by atoms with Gasteiger partial charge in [0.25, 0.3) is 0 Å². The van der Waals surface area contributed by atoms with Gasteiger partial charge in [-0.15, -0.1) is 5.10 Å². The molecule has 0 amide bonds. The normalized spacial score (nSPS) is 18.8. The fraction of sp³-hybridized carbons (Fsp3) is 0.545. The van der Waals surface area contributed by atoms with Gasteiger partial charge in [0.1, 0.15) is 5.75 Å². The first-order valence-electron chi connectivity index (χ1n) is 10.7. The van der Waals surface area contributed by atoms with Crippen molar-refractivity contribution in [2.45, 2.75) is 38.1 Å². The number of piperidine rings is 1. The number of benzene rings is 1. The number of hydrogen-bond acceptors (Lipinski definition) is 7. The van der Waals surface area contributed by atoms with Crippen LogP contribution in [0.2, 0.25) is 0 Å². The highest BCUT2D eigenvalue weighted by molar-refractivity contribution is 7.20. The van der Waals surface area contributed by atoms with Crippen molar-refractivity contribution < 1.29 is 9.84 Å². The number of anilines is 1. The Kier molecular flexibility index (Phi) is 5.16. The van der Waals surface area contributed by atoms with Gasteiger partial charge in [0.15, 0.2) is 0 Å². The molecule has 0 atom stereocenters. The monoisotopic (exact) mass is 427 g/mol. The molecule has 0 unspecified atom stereocenters. The molecule has 0 bridgehead atoms. The minimum atomic E-state index is -0.142. The van der Waals surface area contributed by atoms with Crippen molar-refractivity contribution in [1.82, 2.24) is 19.9 Å². The molecule has 2 aliphatic rings. The maximum absolute atomic E-state index is 10.0. The second kappa shape index (κ2) is 7.83. The van der Waals surface area contributed by atoms with E-state index >= 15 is 0 Å². The lowest BCUT2D eigenvalue weighted by atomic mass is 9.88. The summed E-state index contributed by atoms with van der Waals surface area (Å²) in [5.41, 5.74) is 2.95. The van der Waals surface area contributed by atoms with E-state index < -0.39 is 0 Å². The van der Waals surface area contributed by atoms with Crippen molar-refractivity contribution >= 4 is 21.4 Å². The zero-order valence-electron chi connectivity index (χ0n) is 17.6. The SMILES string of the molecule is COc1cc(C)ccc1-c1cnc2sc(N3CCC(CO)(NCC4CC4)CC3)nn12. The van der Waals surface area contributed by atoms with Crippen LogP contribution < -0.4 is 15.0 Å². The van der Waals surface area contributed by atoms with Crippen molar-refractivity contribution in [2.75, 3.05) is 38.3 Å². The van der Waals surface area contributed by atoms with Crippen LogP contribution in [0.3, 0.4) is 0 Å². The molecule has 1 aliphatic carbocycles. The Bertz CT molecular complexity index is 1030. The van der Waals surface area contributed by atoms with Crippen LogP contribution in [0.5, 0.6) is 5.75 Å². The summed E-state index contributed by atoms with van der Waals surface area (Å²) < 4.78 is 7.52. The molecule has 0 spiro atoms. The van der Waals surface area contributed by atoms with Gasteiger partial charge in [0.05, 0.1) is 25.6 Å². The molecule has 30 heavy (non-hydrogen) atoms. The number of nitrogens with zero attached hydrogens (tertiary/aromatic N) is 4. The summed E-state index contributed by atoms with van der Waals surface area (Å²) in [6, 6.07) is 6.19. The fourth-order valence-corrected chi connectivity index (χ4v) is 5.13. The van der Waals surface area contributed by atoms with Crippen LogP contribution in [-0.2, 0) is 0 Å². The highest BCUT2D eigenvalue weighted by Gasteiger charge is 2.36. The molecule has 1 saturated carbocycles. The molecule has 1 aromatic carbocycles. The lowest BCUT2D eigenvalue weighted by Gasteiger charge is -2.41. The van der Waals surface area contributed by atoms with E-state index in [0.717, 1.165) is 71.1 Å². The van der Waals surface area contributed by atoms with Gasteiger partial charge in [-0.25, -0.2) is 9.50 Å². The standard InChI is InChI=1S/C22H29N5O2S/c1-15-3-6-17(19(11-15)29-2)18-13-23-20-27(18)25-21(30-20)26-9-7-22(14-28,8-10-26)24-12-16-4-5-16/h3,6,11,13,16,24,28H,4-5,7-10,12,14H2,1-2H3. The number of aromatic nitrogens is 3. The number of aliphatic hydroxyl groups is 1. The topological polar surface area (TPSA) is 74.9 Å². The van der Waals surface area contributed by atoms with E-state index in [1.54, 1.807) is 18.4 Å². The molecule has 1 saturated heterocycles. The van der Waals surface area contributed by atoms with Crippen LogP contribution in [0.15, 0.2) is 24.4 Å². The first kappa shape index (κ1) is 19.8. The highest BCUT2D eigenvalue weighted by atomic mass is 32.1. The minimum Gasteiger partial charge on any atom is -0.496 e. The second-order valence-electron chi connectivity index (χ2n) is 8.68. The summed E-state index contributed by atoms with van der Waals surface area (Å²) in [5, 5.41) is 19.6. The third-order valence-electron chi connectivity index (χ3n) is 6.46. The Balaban J connectivity index is 1.35. The van der Waals surface area contributed by atoms with Crippen LogP contribution in [-0.4, -0.2) is 58.6 Å². The minimum absolute atomic E-state index is 0.142. The first-order chi connectivity index (χ1) is 14.6. The van der Waals surface area contributed by atoms with Crippen LogP contribution in [0.4, 0.5) is 5.13 Å². The van der Waals surface area contributed by atoms with E-state index in [4.69, 9.17) is 9.84 Å². The Morgan fingerprint density at radius 1 is 1.30 bits per heavy atom. The average Bonchev–Trinajstić information content (AvgIpc) is 3.39. The van der Waals surface area contributed by atoms with E-state index in [1.807, 2.05) is 16.8 Å². The molecule has 7 nitrogen and oxygen atoms in total. The van der Waals surface area contributed by atoms with Gasteiger partial charge in [-0.1, -0.05) is 17.4 Å². The van der Waals surface area contributed by atoms with Crippen LogP contribution in [0.1, 0.15) is 31.2 Å². The number of imidazole rings is 1. The Labute approximate surface area is 180 Å². The summed E-state index contributed by atoms with van der Waals surface area (Å²) >= 11 is 1.61. The summed E-state index contributed by atoms with van der Waals surface area (Å²) in [7, 11) is 1.70. The van der Waals surface area contributed by atoms with Crippen molar-refractivity contribution in [2.24, 2.45) is 5.92 Å². The second-order valence-corrected chi connectivity index (χ2v) is 9.61. The van der Waals surface area contributed by atoms with E-state index in [1.165, 1.54) is 12.8 Å². The van der Waals surface area contributed by atoms with Gasteiger partial charge >= 0.3 is 0 Å². The number of hydrogen-bond donors (Lipinski definition) is 2. The molecule has 5 rings (SSSR count). The van der Waals surface area contributed by atoms with E-state index in [2.05, 4.69) is 34.3 Å². The summed E-state index contributed by atoms with van der Waals surface area (Å²) in [6.45, 7) is 5.07. The molecule has 0 radical (unpaired) electrons. The summed E-state index contributed by atoms with van der Waals surface area (Å²) in [5.74, 6) is 1.65. The summed E-state index contributed by atoms with van der Waals surface area (Å²) in [6.07, 6.45) is 6.37. The van der Waals surface area contributed by atoms with Crippen molar-refractivity contribution in [3.05, 3.63) is 30.0 Å². The molecule has 2 N–H and O–H groups in total. The van der Waals surface area contributed by atoms with E-state index in [-0.39, 0.29) is 12.1 Å². The number of aryl methyl sites for hydroxylation is 1. The number of rotatable bonds is 7. The fourth-order valence-electron chi connectivity index (χ4n) is 4.20. The third kappa shape index (κ3) is 3.68. The van der Waals surface area contributed by atoms with Gasteiger partial charge in [0.2, 0.25) is 10.1 Å². The number of aliphatic hydroxyl groups excluding tert-OH is 1. The highest BCUT2D eigenvalue weighted by Crippen LogP contribution is 2.35. The third-order valence-corrected chi connectivity index (χ3v) is 7.45. The van der Waals surface area contributed by atoms with E-state index in [9.17, 15) is 5.11 Å². The van der Waals surface area contributed by atoms with Crippen molar-refractivity contribution in [1.29, 1.82) is 0 Å². The average molecular weight is 428 g/mol. The first-order valence-corrected chi connectivity index (χ1v) is 11.5. The molecule has 2 fully saturated rings. The quantitative estimate of drug-likeness (QED) is 0.604. The molecular formula is C22H29N5O2S. The van der Waals surface area contributed by atoms with Gasteiger partial charge < -0.3 is 20.1 Å². The predicted octanol–water partition coefficient (Wildman–Crippen LogP) is 3.11. The number of ether oxygens (including phenoxy) is 1. The van der Waals surface area contributed by atoms with Crippen LogP contribution in [0.25, 0.3) is 16.2 Å². The Hall–Kier alpha value is -2.16. The number of fused-ring (bicyclic) bond motifs is 1. The maximum Gasteiger partial charge on any atom is 0.214 e. The molecular weight excluding hydrogens is 398 g/mol. The summed E-state index contributed by atoms with van der Waals surface area (Å²) in [4.78, 5) is 7.80. The Morgan fingerprint density at radius 2 is 2.10 bits per heavy atom. The smallest absolute Gasteiger partial charge is 0.214 e. The van der Waals surface area contributed by atoms with Gasteiger partial charge in [-0.2, -0.15) is 0 Å². The van der Waals surface area contributed by atoms with Gasteiger partial charge in [-0.05, 0) is 62.8 Å². The zero-order chi connectivity index (χ0) is 20.7. The Morgan fingerprint density at radius 3 is 2.80 bits per heavy atom. The number of methoxy groups -OCH3 is 1. The van der Waals surface area contributed by atoms with Crippen molar-refractivity contribution in [3.8, 4) is 17.0 Å². The molecule has 2 aromatic heterocycles. The van der Waals surface area contributed by atoms with E-state index in [0.29, 0.717) is 0 Å². The van der Waals surface area contributed by atoms with Gasteiger partial charge in [-0.3, -0.25) is 0 Å². The predicted molar refractivity (Wildman–Crippen MR) is 120 cm³/mol. The zero-order valence-corrected chi connectivity index (χ0v) is 18.4. The molecule has 3 heterocycles. The molecule has 160 valence electrons. The lowest BCUT2D eigenvalue weighted by Crippen LogP contribution is -2.56. The maximum atomic E-state index is 10.0. The number of nitrogens with one attached hydrogen (secondary N) is 1. The van der Waals surface area contributed by atoms with Crippen LogP contribution in [0, 0.1) is 12.8 Å². The van der Waals surface area contributed by atoms with Crippen LogP contribution >= 0.6 is 11.3 Å². The molecule has 3 aromatic rings.